The number of carboxylic acids is 1. The number of hydrogen-bond donors (Lipinski definition) is 2. The second kappa shape index (κ2) is 3.60. The highest BCUT2D eigenvalue weighted by atomic mass is 16.4. The molecule has 0 unspecified atom stereocenters. The number of H-pyrrole nitrogens is 1. The van der Waals surface area contributed by atoms with Crippen LogP contribution in [0.15, 0.2) is 0 Å². The molecule has 0 amide bonds. The van der Waals surface area contributed by atoms with E-state index in [0.29, 0.717) is 11.6 Å². The number of carbonyl (C=O) groups is 1. The third-order valence-corrected chi connectivity index (χ3v) is 1.87. The van der Waals surface area contributed by atoms with Gasteiger partial charge in [0.1, 0.15) is 5.82 Å². The quantitative estimate of drug-likeness (QED) is 0.743. The smallest absolute Gasteiger partial charge is 0.309 e. The standard InChI is InChI=1S/C9H14N2O2/c1-5(2)9-10-6(3)7(11-9)4-8(12)13/h5H,4H2,1-3H3,(H,10,11)(H,12,13). The molecular formula is C9H14N2O2. The van der Waals surface area contributed by atoms with Gasteiger partial charge in [-0.1, -0.05) is 13.8 Å². The Morgan fingerprint density at radius 1 is 1.62 bits per heavy atom. The molecular weight excluding hydrogens is 168 g/mol. The number of aryl methyl sites for hydroxylation is 1. The number of aromatic amines is 1. The molecule has 0 atom stereocenters. The molecule has 1 aromatic rings. The maximum absolute atomic E-state index is 10.4. The lowest BCUT2D eigenvalue weighted by molar-refractivity contribution is -0.136. The summed E-state index contributed by atoms with van der Waals surface area (Å²) in [6, 6.07) is 0. The van der Waals surface area contributed by atoms with E-state index in [0.717, 1.165) is 11.5 Å². The molecule has 0 aliphatic rings. The van der Waals surface area contributed by atoms with Gasteiger partial charge in [0, 0.05) is 11.6 Å². The molecule has 72 valence electrons. The lowest BCUT2D eigenvalue weighted by Gasteiger charge is -1.96. The number of aliphatic carboxylic acids is 1. The molecule has 0 aliphatic heterocycles. The molecule has 0 aromatic carbocycles. The van der Waals surface area contributed by atoms with Crippen LogP contribution in [-0.4, -0.2) is 21.0 Å². The molecule has 0 bridgehead atoms. The first-order valence-corrected chi connectivity index (χ1v) is 4.28. The molecule has 0 saturated carbocycles. The Morgan fingerprint density at radius 2 is 2.23 bits per heavy atom. The lowest BCUT2D eigenvalue weighted by atomic mass is 10.2. The van der Waals surface area contributed by atoms with E-state index in [-0.39, 0.29) is 6.42 Å². The largest absolute Gasteiger partial charge is 0.481 e. The first-order valence-electron chi connectivity index (χ1n) is 4.28. The Labute approximate surface area is 77.0 Å². The van der Waals surface area contributed by atoms with Crippen LogP contribution in [0.5, 0.6) is 0 Å². The van der Waals surface area contributed by atoms with Gasteiger partial charge in [0.25, 0.3) is 0 Å². The summed E-state index contributed by atoms with van der Waals surface area (Å²) >= 11 is 0. The number of aromatic nitrogens is 2. The van der Waals surface area contributed by atoms with Gasteiger partial charge in [0.2, 0.25) is 0 Å². The summed E-state index contributed by atoms with van der Waals surface area (Å²) in [5.74, 6) is 0.319. The van der Waals surface area contributed by atoms with E-state index < -0.39 is 5.97 Å². The fourth-order valence-electron chi connectivity index (χ4n) is 1.11. The van der Waals surface area contributed by atoms with Crippen molar-refractivity contribution in [3.05, 3.63) is 17.2 Å². The van der Waals surface area contributed by atoms with E-state index in [2.05, 4.69) is 9.97 Å². The molecule has 4 nitrogen and oxygen atoms in total. The third-order valence-electron chi connectivity index (χ3n) is 1.87. The number of imidazole rings is 1. The molecule has 0 fully saturated rings. The van der Waals surface area contributed by atoms with E-state index in [1.807, 2.05) is 20.8 Å². The topological polar surface area (TPSA) is 66.0 Å². The SMILES string of the molecule is Cc1[nH]c(C(C)C)nc1CC(=O)O. The van der Waals surface area contributed by atoms with Crippen molar-refractivity contribution in [2.45, 2.75) is 33.1 Å². The Hall–Kier alpha value is -1.32. The Balaban J connectivity index is 2.89. The molecule has 1 aromatic heterocycles. The highest BCUT2D eigenvalue weighted by Crippen LogP contribution is 2.13. The maximum Gasteiger partial charge on any atom is 0.309 e. The molecule has 0 aliphatic carbocycles. The Bertz CT molecular complexity index is 315. The average molecular weight is 182 g/mol. The van der Waals surface area contributed by atoms with Crippen LogP contribution in [0, 0.1) is 6.92 Å². The fraction of sp³-hybridized carbons (Fsp3) is 0.556. The van der Waals surface area contributed by atoms with Crippen LogP contribution < -0.4 is 0 Å². The summed E-state index contributed by atoms with van der Waals surface area (Å²) in [5.41, 5.74) is 1.49. The zero-order chi connectivity index (χ0) is 10.0. The zero-order valence-electron chi connectivity index (χ0n) is 8.09. The van der Waals surface area contributed by atoms with Crippen LogP contribution in [0.3, 0.4) is 0 Å². The van der Waals surface area contributed by atoms with Crippen molar-refractivity contribution in [2.75, 3.05) is 0 Å². The first-order chi connectivity index (χ1) is 6.00. The van der Waals surface area contributed by atoms with Gasteiger partial charge in [-0.25, -0.2) is 4.98 Å². The summed E-state index contributed by atoms with van der Waals surface area (Å²) in [6.07, 6.45) is -0.00491. The summed E-state index contributed by atoms with van der Waals surface area (Å²) in [7, 11) is 0. The van der Waals surface area contributed by atoms with Crippen molar-refractivity contribution in [1.29, 1.82) is 0 Å². The summed E-state index contributed by atoms with van der Waals surface area (Å²) in [6.45, 7) is 5.88. The van der Waals surface area contributed by atoms with Gasteiger partial charge in [0.05, 0.1) is 12.1 Å². The average Bonchev–Trinajstić information content (AvgIpc) is 2.31. The van der Waals surface area contributed by atoms with Crippen molar-refractivity contribution < 1.29 is 9.90 Å². The van der Waals surface area contributed by atoms with Crippen LogP contribution in [0.4, 0.5) is 0 Å². The molecule has 0 saturated heterocycles. The van der Waals surface area contributed by atoms with E-state index in [9.17, 15) is 4.79 Å². The lowest BCUT2D eigenvalue weighted by Crippen LogP contribution is -2.01. The second-order valence-corrected chi connectivity index (χ2v) is 3.42. The van der Waals surface area contributed by atoms with E-state index >= 15 is 0 Å². The number of nitrogens with zero attached hydrogens (tertiary/aromatic N) is 1. The van der Waals surface area contributed by atoms with Crippen molar-refractivity contribution >= 4 is 5.97 Å². The highest BCUT2D eigenvalue weighted by molar-refractivity contribution is 5.69. The molecule has 1 rings (SSSR count). The predicted octanol–water partition coefficient (Wildman–Crippen LogP) is 1.47. The third kappa shape index (κ3) is 2.31. The monoisotopic (exact) mass is 182 g/mol. The van der Waals surface area contributed by atoms with E-state index in [1.165, 1.54) is 0 Å². The van der Waals surface area contributed by atoms with Crippen molar-refractivity contribution in [3.8, 4) is 0 Å². The van der Waals surface area contributed by atoms with Gasteiger partial charge in [-0.05, 0) is 6.92 Å². The van der Waals surface area contributed by atoms with Gasteiger partial charge in [0.15, 0.2) is 0 Å². The van der Waals surface area contributed by atoms with Gasteiger partial charge in [-0.3, -0.25) is 4.79 Å². The van der Waals surface area contributed by atoms with Gasteiger partial charge < -0.3 is 10.1 Å². The molecule has 13 heavy (non-hydrogen) atoms. The van der Waals surface area contributed by atoms with Crippen LogP contribution >= 0.6 is 0 Å². The highest BCUT2D eigenvalue weighted by Gasteiger charge is 2.11. The Morgan fingerprint density at radius 3 is 2.62 bits per heavy atom. The summed E-state index contributed by atoms with van der Waals surface area (Å²) < 4.78 is 0. The summed E-state index contributed by atoms with van der Waals surface area (Å²) in [4.78, 5) is 17.7. The number of nitrogens with one attached hydrogen (secondary N) is 1. The van der Waals surface area contributed by atoms with Gasteiger partial charge >= 0.3 is 5.97 Å². The van der Waals surface area contributed by atoms with Gasteiger partial charge in [-0.2, -0.15) is 0 Å². The minimum absolute atomic E-state index is 0.00491. The molecule has 0 spiro atoms. The normalized spacial score (nSPS) is 10.8. The van der Waals surface area contributed by atoms with Crippen molar-refractivity contribution in [3.63, 3.8) is 0 Å². The minimum Gasteiger partial charge on any atom is -0.481 e. The van der Waals surface area contributed by atoms with Crippen molar-refractivity contribution in [2.24, 2.45) is 0 Å². The van der Waals surface area contributed by atoms with Crippen LogP contribution in [0.1, 0.15) is 37.0 Å². The number of rotatable bonds is 3. The fourth-order valence-corrected chi connectivity index (χ4v) is 1.11. The number of carboxylic acid groups (broad SMARTS) is 1. The van der Waals surface area contributed by atoms with Crippen molar-refractivity contribution in [1.82, 2.24) is 9.97 Å². The molecule has 4 heteroatoms. The minimum atomic E-state index is -0.843. The zero-order valence-corrected chi connectivity index (χ0v) is 8.09. The molecule has 2 N–H and O–H groups in total. The first kappa shape index (κ1) is 9.77. The van der Waals surface area contributed by atoms with E-state index in [1.54, 1.807) is 0 Å². The summed E-state index contributed by atoms with van der Waals surface area (Å²) in [5, 5.41) is 8.59. The van der Waals surface area contributed by atoms with Gasteiger partial charge in [-0.15, -0.1) is 0 Å². The molecule has 0 radical (unpaired) electrons. The molecule has 1 heterocycles. The predicted molar refractivity (Wildman–Crippen MR) is 48.8 cm³/mol. The maximum atomic E-state index is 10.4. The van der Waals surface area contributed by atoms with Crippen LogP contribution in [-0.2, 0) is 11.2 Å². The number of hydrogen-bond acceptors (Lipinski definition) is 2. The van der Waals surface area contributed by atoms with Crippen LogP contribution in [0.2, 0.25) is 0 Å². The second-order valence-electron chi connectivity index (χ2n) is 3.42. The van der Waals surface area contributed by atoms with Crippen LogP contribution in [0.25, 0.3) is 0 Å². The van der Waals surface area contributed by atoms with E-state index in [4.69, 9.17) is 5.11 Å². The Kier molecular flexibility index (Phi) is 2.70.